The zero-order valence-electron chi connectivity index (χ0n) is 10.4. The van der Waals surface area contributed by atoms with Crippen molar-refractivity contribution in [1.82, 2.24) is 15.1 Å². The minimum Gasteiger partial charge on any atom is -0.309 e. The van der Waals surface area contributed by atoms with Gasteiger partial charge in [-0.1, -0.05) is 6.92 Å². The highest BCUT2D eigenvalue weighted by molar-refractivity contribution is 9.10. The van der Waals surface area contributed by atoms with E-state index in [0.717, 1.165) is 16.6 Å². The molecule has 7 heteroatoms. The average Bonchev–Trinajstić information content (AvgIpc) is 2.59. The van der Waals surface area contributed by atoms with Crippen LogP contribution in [0.2, 0.25) is 0 Å². The van der Waals surface area contributed by atoms with E-state index in [0.29, 0.717) is 6.54 Å². The molecule has 1 aromatic rings. The van der Waals surface area contributed by atoms with Crippen molar-refractivity contribution in [3.05, 3.63) is 16.4 Å². The molecule has 0 bridgehead atoms. The van der Waals surface area contributed by atoms with Crippen LogP contribution in [-0.4, -0.2) is 22.5 Å². The quantitative estimate of drug-likeness (QED) is 0.865. The lowest BCUT2D eigenvalue weighted by atomic mass is 10.1. The van der Waals surface area contributed by atoms with Gasteiger partial charge in [0.1, 0.15) is 0 Å². The van der Waals surface area contributed by atoms with Gasteiger partial charge in [0.25, 0.3) is 0 Å². The van der Waals surface area contributed by atoms with Crippen LogP contribution in [0.1, 0.15) is 37.9 Å². The molecule has 0 aliphatic carbocycles. The Kier molecular flexibility index (Phi) is 5.65. The maximum atomic E-state index is 12.3. The summed E-state index contributed by atoms with van der Waals surface area (Å²) < 4.78 is 39.3. The normalized spacial score (nSPS) is 13.9. The monoisotopic (exact) mass is 327 g/mol. The van der Waals surface area contributed by atoms with Gasteiger partial charge in [0.05, 0.1) is 22.4 Å². The van der Waals surface area contributed by atoms with E-state index in [1.165, 1.54) is 0 Å². The fourth-order valence-electron chi connectivity index (χ4n) is 1.77. The summed E-state index contributed by atoms with van der Waals surface area (Å²) >= 11 is 3.33. The van der Waals surface area contributed by atoms with E-state index in [1.54, 1.807) is 17.9 Å². The van der Waals surface area contributed by atoms with Crippen LogP contribution in [0.15, 0.2) is 10.7 Å². The van der Waals surface area contributed by atoms with Crippen molar-refractivity contribution >= 4 is 15.9 Å². The van der Waals surface area contributed by atoms with Gasteiger partial charge in [0.2, 0.25) is 0 Å². The molecule has 1 rings (SSSR count). The Hall–Kier alpha value is -0.560. The number of alkyl halides is 3. The highest BCUT2D eigenvalue weighted by Crippen LogP contribution is 2.30. The largest absolute Gasteiger partial charge is 0.389 e. The van der Waals surface area contributed by atoms with Crippen molar-refractivity contribution in [3.63, 3.8) is 0 Å². The molecule has 0 spiro atoms. The van der Waals surface area contributed by atoms with Crippen molar-refractivity contribution in [2.24, 2.45) is 7.05 Å². The van der Waals surface area contributed by atoms with E-state index in [2.05, 4.69) is 26.3 Å². The van der Waals surface area contributed by atoms with Crippen molar-refractivity contribution in [2.75, 3.05) is 6.54 Å². The van der Waals surface area contributed by atoms with Gasteiger partial charge in [0.15, 0.2) is 0 Å². The molecule has 0 aliphatic heterocycles. The molecule has 0 radical (unpaired) electrons. The minimum atomic E-state index is -4.13. The first-order chi connectivity index (χ1) is 8.35. The van der Waals surface area contributed by atoms with Crippen LogP contribution in [0.4, 0.5) is 13.2 Å². The Morgan fingerprint density at radius 1 is 1.50 bits per heavy atom. The molecule has 0 aromatic carbocycles. The molecule has 1 N–H and O–H groups in total. The zero-order valence-corrected chi connectivity index (χ0v) is 12.0. The smallest absolute Gasteiger partial charge is 0.309 e. The van der Waals surface area contributed by atoms with Crippen LogP contribution in [0, 0.1) is 0 Å². The van der Waals surface area contributed by atoms with Crippen molar-refractivity contribution in [3.8, 4) is 0 Å². The number of aryl methyl sites for hydroxylation is 1. The van der Waals surface area contributed by atoms with E-state index >= 15 is 0 Å². The summed E-state index contributed by atoms with van der Waals surface area (Å²) in [6.45, 7) is 2.66. The van der Waals surface area contributed by atoms with Crippen LogP contribution < -0.4 is 5.32 Å². The van der Waals surface area contributed by atoms with Gasteiger partial charge in [-0.15, -0.1) is 0 Å². The summed E-state index contributed by atoms with van der Waals surface area (Å²) in [4.78, 5) is 0. The molecule has 18 heavy (non-hydrogen) atoms. The third-order valence-electron chi connectivity index (χ3n) is 2.62. The van der Waals surface area contributed by atoms with Crippen LogP contribution in [0.25, 0.3) is 0 Å². The van der Waals surface area contributed by atoms with Crippen LogP contribution in [-0.2, 0) is 7.05 Å². The SMILES string of the molecule is CCCNC(CCC(F)(F)F)c1c(Br)cnn1C. The standard InChI is InChI=1S/C11H17BrF3N3/c1-3-6-16-9(4-5-11(13,14)15)10-8(12)7-17-18(10)2/h7,9,16H,3-6H2,1-2H3. The number of rotatable bonds is 6. The fraction of sp³-hybridized carbons (Fsp3) is 0.727. The van der Waals surface area contributed by atoms with Gasteiger partial charge in [-0.05, 0) is 35.3 Å². The topological polar surface area (TPSA) is 29.9 Å². The van der Waals surface area contributed by atoms with E-state index in [4.69, 9.17) is 0 Å². The number of aromatic nitrogens is 2. The summed E-state index contributed by atoms with van der Waals surface area (Å²) in [5.41, 5.74) is 0.757. The van der Waals surface area contributed by atoms with Crippen molar-refractivity contribution in [1.29, 1.82) is 0 Å². The summed E-state index contributed by atoms with van der Waals surface area (Å²) in [5.74, 6) is 0. The first-order valence-electron chi connectivity index (χ1n) is 5.82. The molecule has 3 nitrogen and oxygen atoms in total. The third kappa shape index (κ3) is 4.61. The summed E-state index contributed by atoms with van der Waals surface area (Å²) in [6.07, 6.45) is -2.44. The van der Waals surface area contributed by atoms with Crippen molar-refractivity contribution < 1.29 is 13.2 Å². The second-order valence-corrected chi connectivity index (χ2v) is 5.02. The Morgan fingerprint density at radius 3 is 2.61 bits per heavy atom. The maximum absolute atomic E-state index is 12.3. The van der Waals surface area contributed by atoms with Gasteiger partial charge in [-0.2, -0.15) is 18.3 Å². The number of halogens is 4. The zero-order chi connectivity index (χ0) is 13.8. The van der Waals surface area contributed by atoms with E-state index in [1.807, 2.05) is 6.92 Å². The van der Waals surface area contributed by atoms with Gasteiger partial charge >= 0.3 is 6.18 Å². The molecule has 0 saturated carbocycles. The maximum Gasteiger partial charge on any atom is 0.389 e. The number of nitrogens with zero attached hydrogens (tertiary/aromatic N) is 2. The van der Waals surface area contributed by atoms with Crippen LogP contribution in [0.3, 0.4) is 0 Å². The van der Waals surface area contributed by atoms with Crippen LogP contribution in [0.5, 0.6) is 0 Å². The number of hydrogen-bond donors (Lipinski definition) is 1. The molecule has 1 atom stereocenters. The predicted octanol–water partition coefficient (Wildman–Crippen LogP) is 3.57. The molecular formula is C11H17BrF3N3. The third-order valence-corrected chi connectivity index (χ3v) is 3.24. The highest BCUT2D eigenvalue weighted by Gasteiger charge is 2.30. The summed E-state index contributed by atoms with van der Waals surface area (Å²) in [6, 6.07) is -0.339. The Morgan fingerprint density at radius 2 is 2.17 bits per heavy atom. The first kappa shape index (κ1) is 15.5. The predicted molar refractivity (Wildman–Crippen MR) is 67.2 cm³/mol. The molecular weight excluding hydrogens is 311 g/mol. The van der Waals surface area contributed by atoms with E-state index in [-0.39, 0.29) is 12.5 Å². The molecule has 0 aliphatic rings. The fourth-order valence-corrected chi connectivity index (χ4v) is 2.40. The number of hydrogen-bond acceptors (Lipinski definition) is 2. The second kappa shape index (κ2) is 6.56. The van der Waals surface area contributed by atoms with E-state index < -0.39 is 12.6 Å². The average molecular weight is 328 g/mol. The molecule has 104 valence electrons. The number of nitrogens with one attached hydrogen (secondary N) is 1. The summed E-state index contributed by atoms with van der Waals surface area (Å²) in [7, 11) is 1.73. The second-order valence-electron chi connectivity index (χ2n) is 4.16. The molecule has 1 aromatic heterocycles. The molecule has 0 amide bonds. The molecule has 0 fully saturated rings. The molecule has 1 unspecified atom stereocenters. The van der Waals surface area contributed by atoms with Crippen LogP contribution >= 0.6 is 15.9 Å². The lowest BCUT2D eigenvalue weighted by Gasteiger charge is -2.20. The van der Waals surface area contributed by atoms with E-state index in [9.17, 15) is 13.2 Å². The lowest BCUT2D eigenvalue weighted by molar-refractivity contribution is -0.136. The van der Waals surface area contributed by atoms with Gasteiger partial charge in [-0.3, -0.25) is 4.68 Å². The Balaban J connectivity index is 2.78. The molecule has 0 saturated heterocycles. The van der Waals surface area contributed by atoms with Crippen molar-refractivity contribution in [2.45, 2.75) is 38.4 Å². The summed E-state index contributed by atoms with van der Waals surface area (Å²) in [5, 5.41) is 7.17. The highest BCUT2D eigenvalue weighted by atomic mass is 79.9. The first-order valence-corrected chi connectivity index (χ1v) is 6.62. The Labute approximate surface area is 113 Å². The molecule has 1 heterocycles. The van der Waals surface area contributed by atoms with Gasteiger partial charge < -0.3 is 5.32 Å². The lowest BCUT2D eigenvalue weighted by Crippen LogP contribution is -2.26. The van der Waals surface area contributed by atoms with Gasteiger partial charge in [0, 0.05) is 13.5 Å². The minimum absolute atomic E-state index is 0.0155. The Bertz CT molecular complexity index is 357. The van der Waals surface area contributed by atoms with Gasteiger partial charge in [-0.25, -0.2) is 0 Å².